The third kappa shape index (κ3) is 2.18. The minimum Gasteiger partial charge on any atom is -0.358 e. The van der Waals surface area contributed by atoms with Crippen molar-refractivity contribution in [2.75, 3.05) is 24.5 Å². The normalized spacial score (nSPS) is 19.2. The van der Waals surface area contributed by atoms with Crippen LogP contribution in [0.1, 0.15) is 6.92 Å². The van der Waals surface area contributed by atoms with E-state index in [1.54, 1.807) is 24.4 Å². The smallest absolute Gasteiger partial charge is 0.278 e. The number of hydrogen-bond acceptors (Lipinski definition) is 4. The molecule has 20 heavy (non-hydrogen) atoms. The Bertz CT molecular complexity index is 659. The summed E-state index contributed by atoms with van der Waals surface area (Å²) in [6.45, 7) is 5.09. The van der Waals surface area contributed by atoms with Gasteiger partial charge in [0.05, 0.1) is 35.6 Å². The van der Waals surface area contributed by atoms with Gasteiger partial charge < -0.3 is 10.2 Å². The standard InChI is InChI=1S/C14H16N4O2/c1-10-9-17(8-7-15-10)13-5-4-12(18(19)20)11-3-2-6-16-14(11)13/h2-6,10,15H,7-9H2,1H3/p+1/t10-/m1/s1. The zero-order valence-corrected chi connectivity index (χ0v) is 11.3. The van der Waals surface area contributed by atoms with Crippen LogP contribution in [-0.4, -0.2) is 35.6 Å². The molecule has 0 spiro atoms. The fourth-order valence-electron chi connectivity index (χ4n) is 2.80. The molecule has 0 unspecified atom stereocenters. The summed E-state index contributed by atoms with van der Waals surface area (Å²) in [5, 5.41) is 14.0. The molecule has 2 heterocycles. The molecule has 6 heteroatoms. The average Bonchev–Trinajstić information content (AvgIpc) is 2.46. The SMILES string of the molecule is C[C@@H]1CN(c2ccc([N+](=O)[O-])c3cccnc23)CC[NH2+]1. The van der Waals surface area contributed by atoms with E-state index in [-0.39, 0.29) is 10.6 Å². The maximum atomic E-state index is 11.1. The number of hydrogen-bond donors (Lipinski definition) is 1. The summed E-state index contributed by atoms with van der Waals surface area (Å²) in [5.74, 6) is 0. The van der Waals surface area contributed by atoms with Crippen LogP contribution in [0.25, 0.3) is 10.9 Å². The highest BCUT2D eigenvalue weighted by molar-refractivity contribution is 5.97. The van der Waals surface area contributed by atoms with Crippen molar-refractivity contribution in [3.63, 3.8) is 0 Å². The van der Waals surface area contributed by atoms with E-state index in [9.17, 15) is 10.1 Å². The van der Waals surface area contributed by atoms with Crippen LogP contribution in [0, 0.1) is 10.1 Å². The Morgan fingerprint density at radius 2 is 2.30 bits per heavy atom. The summed E-state index contributed by atoms with van der Waals surface area (Å²) in [6.07, 6.45) is 1.69. The molecular formula is C14H17N4O2+. The van der Waals surface area contributed by atoms with E-state index < -0.39 is 0 Å². The highest BCUT2D eigenvalue weighted by Crippen LogP contribution is 2.32. The number of pyridine rings is 1. The van der Waals surface area contributed by atoms with E-state index in [2.05, 4.69) is 22.1 Å². The van der Waals surface area contributed by atoms with Gasteiger partial charge in [-0.25, -0.2) is 0 Å². The molecule has 1 atom stereocenters. The first-order valence-electron chi connectivity index (χ1n) is 6.77. The van der Waals surface area contributed by atoms with Gasteiger partial charge in [0.1, 0.15) is 11.6 Å². The molecule has 1 aromatic carbocycles. The Labute approximate surface area is 116 Å². The lowest BCUT2D eigenvalue weighted by Crippen LogP contribution is -2.94. The van der Waals surface area contributed by atoms with Gasteiger partial charge in [-0.3, -0.25) is 15.1 Å². The number of nitrogens with zero attached hydrogens (tertiary/aromatic N) is 3. The van der Waals surface area contributed by atoms with Crippen molar-refractivity contribution >= 4 is 22.3 Å². The molecule has 1 fully saturated rings. The second-order valence-corrected chi connectivity index (χ2v) is 5.21. The highest BCUT2D eigenvalue weighted by atomic mass is 16.6. The van der Waals surface area contributed by atoms with Gasteiger partial charge in [-0.2, -0.15) is 0 Å². The van der Waals surface area contributed by atoms with Crippen molar-refractivity contribution in [3.8, 4) is 0 Å². The van der Waals surface area contributed by atoms with Crippen molar-refractivity contribution in [1.82, 2.24) is 4.98 Å². The number of rotatable bonds is 2. The quantitative estimate of drug-likeness (QED) is 0.652. The average molecular weight is 273 g/mol. The number of quaternary nitrogens is 1. The largest absolute Gasteiger partial charge is 0.358 e. The van der Waals surface area contributed by atoms with Gasteiger partial charge in [0.25, 0.3) is 5.69 Å². The molecule has 0 radical (unpaired) electrons. The first-order chi connectivity index (χ1) is 9.66. The molecule has 1 aromatic heterocycles. The fraction of sp³-hybridized carbons (Fsp3) is 0.357. The van der Waals surface area contributed by atoms with E-state index in [0.717, 1.165) is 30.8 Å². The number of anilines is 1. The van der Waals surface area contributed by atoms with Gasteiger partial charge in [0.2, 0.25) is 0 Å². The number of non-ortho nitro benzene ring substituents is 1. The van der Waals surface area contributed by atoms with E-state index in [4.69, 9.17) is 0 Å². The van der Waals surface area contributed by atoms with E-state index in [0.29, 0.717) is 11.4 Å². The molecule has 104 valence electrons. The molecule has 2 N–H and O–H groups in total. The molecule has 2 aromatic rings. The number of fused-ring (bicyclic) bond motifs is 1. The maximum absolute atomic E-state index is 11.1. The van der Waals surface area contributed by atoms with Gasteiger partial charge in [-0.05, 0) is 25.1 Å². The molecule has 6 nitrogen and oxygen atoms in total. The number of nitro benzene ring substituents is 1. The summed E-state index contributed by atoms with van der Waals surface area (Å²) in [6, 6.07) is 7.45. The summed E-state index contributed by atoms with van der Waals surface area (Å²) in [4.78, 5) is 17.4. The first-order valence-corrected chi connectivity index (χ1v) is 6.77. The number of piperazine rings is 1. The fourth-order valence-corrected chi connectivity index (χ4v) is 2.80. The second-order valence-electron chi connectivity index (χ2n) is 5.21. The number of aromatic nitrogens is 1. The molecule has 3 rings (SSSR count). The van der Waals surface area contributed by atoms with E-state index in [1.807, 2.05) is 6.07 Å². The Morgan fingerprint density at radius 1 is 1.45 bits per heavy atom. The van der Waals surface area contributed by atoms with Crippen molar-refractivity contribution < 1.29 is 10.2 Å². The number of nitro groups is 1. The summed E-state index contributed by atoms with van der Waals surface area (Å²) in [7, 11) is 0. The molecule has 1 aliphatic heterocycles. The zero-order chi connectivity index (χ0) is 14.1. The molecule has 1 saturated heterocycles. The van der Waals surface area contributed by atoms with E-state index >= 15 is 0 Å². The lowest BCUT2D eigenvalue weighted by molar-refractivity contribution is -0.687. The van der Waals surface area contributed by atoms with Crippen LogP contribution < -0.4 is 10.2 Å². The Balaban J connectivity index is 2.12. The molecule has 0 bridgehead atoms. The van der Waals surface area contributed by atoms with Gasteiger partial charge in [0.15, 0.2) is 0 Å². The minimum atomic E-state index is -0.347. The number of benzene rings is 1. The topological polar surface area (TPSA) is 75.9 Å². The maximum Gasteiger partial charge on any atom is 0.278 e. The summed E-state index contributed by atoms with van der Waals surface area (Å²) >= 11 is 0. The summed E-state index contributed by atoms with van der Waals surface area (Å²) < 4.78 is 0. The van der Waals surface area contributed by atoms with Crippen LogP contribution in [-0.2, 0) is 0 Å². The van der Waals surface area contributed by atoms with Crippen molar-refractivity contribution in [1.29, 1.82) is 0 Å². The van der Waals surface area contributed by atoms with Crippen molar-refractivity contribution in [3.05, 3.63) is 40.6 Å². The van der Waals surface area contributed by atoms with Crippen LogP contribution in [0.5, 0.6) is 0 Å². The highest BCUT2D eigenvalue weighted by Gasteiger charge is 2.23. The lowest BCUT2D eigenvalue weighted by atomic mass is 10.1. The molecule has 0 amide bonds. The third-order valence-corrected chi connectivity index (χ3v) is 3.74. The Kier molecular flexibility index (Phi) is 3.23. The van der Waals surface area contributed by atoms with Gasteiger partial charge in [-0.1, -0.05) is 0 Å². The van der Waals surface area contributed by atoms with Crippen molar-refractivity contribution in [2.24, 2.45) is 0 Å². The number of nitrogens with two attached hydrogens (primary N) is 1. The zero-order valence-electron chi connectivity index (χ0n) is 11.3. The molecule has 1 aliphatic rings. The predicted molar refractivity (Wildman–Crippen MR) is 76.9 cm³/mol. The second kappa shape index (κ2) is 5.05. The van der Waals surface area contributed by atoms with Gasteiger partial charge in [-0.15, -0.1) is 0 Å². The monoisotopic (exact) mass is 273 g/mol. The van der Waals surface area contributed by atoms with Crippen LogP contribution in [0.15, 0.2) is 30.5 Å². The van der Waals surface area contributed by atoms with E-state index in [1.165, 1.54) is 0 Å². The Hall–Kier alpha value is -2.21. The van der Waals surface area contributed by atoms with Crippen LogP contribution in [0.4, 0.5) is 11.4 Å². The minimum absolute atomic E-state index is 0.119. The van der Waals surface area contributed by atoms with Gasteiger partial charge >= 0.3 is 0 Å². The van der Waals surface area contributed by atoms with Crippen molar-refractivity contribution in [2.45, 2.75) is 13.0 Å². The molecule has 0 aliphatic carbocycles. The molecule has 0 saturated carbocycles. The van der Waals surface area contributed by atoms with Gasteiger partial charge in [0, 0.05) is 12.3 Å². The van der Waals surface area contributed by atoms with Crippen LogP contribution in [0.3, 0.4) is 0 Å². The third-order valence-electron chi connectivity index (χ3n) is 3.74. The molecular weight excluding hydrogens is 256 g/mol. The summed E-state index contributed by atoms with van der Waals surface area (Å²) in [5.41, 5.74) is 1.83. The first kappa shape index (κ1) is 12.8. The van der Waals surface area contributed by atoms with Crippen LogP contribution >= 0.6 is 0 Å². The van der Waals surface area contributed by atoms with Crippen LogP contribution in [0.2, 0.25) is 0 Å². The lowest BCUT2D eigenvalue weighted by Gasteiger charge is -2.31. The Morgan fingerprint density at radius 3 is 3.05 bits per heavy atom. The predicted octanol–water partition coefficient (Wildman–Crippen LogP) is 0.915.